The van der Waals surface area contributed by atoms with Crippen LogP contribution in [0.4, 0.5) is 0 Å². The minimum absolute atomic E-state index is 0. The van der Waals surface area contributed by atoms with Crippen molar-refractivity contribution in [2.45, 2.75) is 58.9 Å². The van der Waals surface area contributed by atoms with Crippen molar-refractivity contribution in [2.75, 3.05) is 13.6 Å². The third-order valence-electron chi connectivity index (χ3n) is 3.15. The van der Waals surface area contributed by atoms with E-state index >= 15 is 0 Å². The lowest BCUT2D eigenvalue weighted by molar-refractivity contribution is 0.372. The van der Waals surface area contributed by atoms with Gasteiger partial charge in [-0.2, -0.15) is 0 Å². The summed E-state index contributed by atoms with van der Waals surface area (Å²) < 4.78 is 5.28. The highest BCUT2D eigenvalue weighted by Gasteiger charge is 2.07. The Labute approximate surface area is 145 Å². The van der Waals surface area contributed by atoms with Crippen LogP contribution in [0.5, 0.6) is 0 Å². The van der Waals surface area contributed by atoms with Crippen LogP contribution in [0, 0.1) is 0 Å². The molecule has 0 fully saturated rings. The predicted octanol–water partition coefficient (Wildman–Crippen LogP) is 3.66. The fraction of sp³-hybridized carbons (Fsp3) is 0.733. The summed E-state index contributed by atoms with van der Waals surface area (Å²) in [6, 6.07) is 1.99. The molecule has 0 saturated heterocycles. The number of aliphatic imine (C=N–C) groups is 1. The van der Waals surface area contributed by atoms with Crippen molar-refractivity contribution in [3.63, 3.8) is 0 Å². The Bertz CT molecular complexity index is 404. The Morgan fingerprint density at radius 1 is 1.29 bits per heavy atom. The van der Waals surface area contributed by atoms with E-state index in [1.807, 2.05) is 6.07 Å². The number of guanidine groups is 1. The van der Waals surface area contributed by atoms with Gasteiger partial charge in [-0.1, -0.05) is 45.2 Å². The molecule has 0 spiro atoms. The van der Waals surface area contributed by atoms with E-state index in [4.69, 9.17) is 4.52 Å². The molecule has 1 aromatic heterocycles. The van der Waals surface area contributed by atoms with Gasteiger partial charge in [0.15, 0.2) is 11.7 Å². The number of hydrogen-bond acceptors (Lipinski definition) is 3. The standard InChI is InChI=1S/C15H28N4O.HI/c1-5-6-7-8-9-17-15(16-4)18-11-13-10-14(12(2)3)19-20-13;/h10,12H,5-9,11H2,1-4H3,(H2,16,17,18);1H. The summed E-state index contributed by atoms with van der Waals surface area (Å²) in [5.41, 5.74) is 0.990. The minimum atomic E-state index is 0. The van der Waals surface area contributed by atoms with E-state index in [-0.39, 0.29) is 24.0 Å². The molecular formula is C15H29IN4O. The van der Waals surface area contributed by atoms with Crippen LogP contribution in [-0.2, 0) is 6.54 Å². The van der Waals surface area contributed by atoms with Crippen molar-refractivity contribution < 1.29 is 4.52 Å². The smallest absolute Gasteiger partial charge is 0.191 e. The van der Waals surface area contributed by atoms with Crippen molar-refractivity contribution in [3.8, 4) is 0 Å². The Morgan fingerprint density at radius 3 is 2.62 bits per heavy atom. The maximum atomic E-state index is 5.28. The van der Waals surface area contributed by atoms with Gasteiger partial charge in [-0.25, -0.2) is 0 Å². The molecule has 0 unspecified atom stereocenters. The summed E-state index contributed by atoms with van der Waals surface area (Å²) in [6.45, 7) is 7.98. The molecule has 0 atom stereocenters. The number of halogens is 1. The Hall–Kier alpha value is -0.790. The lowest BCUT2D eigenvalue weighted by Gasteiger charge is -2.10. The van der Waals surface area contributed by atoms with Crippen LogP contribution in [0.15, 0.2) is 15.6 Å². The lowest BCUT2D eigenvalue weighted by Crippen LogP contribution is -2.37. The molecule has 5 nitrogen and oxygen atoms in total. The number of nitrogens with zero attached hydrogens (tertiary/aromatic N) is 2. The molecule has 0 aliphatic carbocycles. The zero-order chi connectivity index (χ0) is 14.8. The van der Waals surface area contributed by atoms with Crippen molar-refractivity contribution >= 4 is 29.9 Å². The lowest BCUT2D eigenvalue weighted by atomic mass is 10.1. The largest absolute Gasteiger partial charge is 0.359 e. The summed E-state index contributed by atoms with van der Waals surface area (Å²) >= 11 is 0. The summed E-state index contributed by atoms with van der Waals surface area (Å²) in [5.74, 6) is 2.04. The van der Waals surface area contributed by atoms with E-state index in [1.165, 1.54) is 25.7 Å². The number of rotatable bonds is 8. The summed E-state index contributed by atoms with van der Waals surface area (Å²) in [7, 11) is 1.78. The number of unbranched alkanes of at least 4 members (excludes halogenated alkanes) is 3. The first-order chi connectivity index (χ1) is 9.67. The number of nitrogens with one attached hydrogen (secondary N) is 2. The van der Waals surface area contributed by atoms with Crippen LogP contribution in [-0.4, -0.2) is 24.7 Å². The Morgan fingerprint density at radius 2 is 2.05 bits per heavy atom. The van der Waals surface area contributed by atoms with E-state index in [1.54, 1.807) is 7.05 Å². The van der Waals surface area contributed by atoms with Gasteiger partial charge in [0.25, 0.3) is 0 Å². The third-order valence-corrected chi connectivity index (χ3v) is 3.15. The molecule has 6 heteroatoms. The molecule has 21 heavy (non-hydrogen) atoms. The highest BCUT2D eigenvalue weighted by atomic mass is 127. The highest BCUT2D eigenvalue weighted by Crippen LogP contribution is 2.13. The van der Waals surface area contributed by atoms with Gasteiger partial charge in [0.2, 0.25) is 0 Å². The van der Waals surface area contributed by atoms with Crippen molar-refractivity contribution in [1.29, 1.82) is 0 Å². The average Bonchev–Trinajstić information content (AvgIpc) is 2.91. The molecule has 0 aliphatic rings. The van der Waals surface area contributed by atoms with Crippen LogP contribution in [0.25, 0.3) is 0 Å². The molecule has 1 rings (SSSR count). The first-order valence-electron chi connectivity index (χ1n) is 7.57. The van der Waals surface area contributed by atoms with Gasteiger partial charge in [-0.05, 0) is 12.3 Å². The predicted molar refractivity (Wildman–Crippen MR) is 98.4 cm³/mol. The normalized spacial score (nSPS) is 11.4. The van der Waals surface area contributed by atoms with Gasteiger partial charge in [0.1, 0.15) is 0 Å². The summed E-state index contributed by atoms with van der Waals surface area (Å²) in [6.07, 6.45) is 5.00. The maximum Gasteiger partial charge on any atom is 0.191 e. The number of hydrogen-bond donors (Lipinski definition) is 2. The van der Waals surface area contributed by atoms with Crippen molar-refractivity contribution in [2.24, 2.45) is 4.99 Å². The SMILES string of the molecule is CCCCCCNC(=NC)NCc1cc(C(C)C)no1.I. The molecule has 0 aliphatic heterocycles. The zero-order valence-electron chi connectivity index (χ0n) is 13.6. The van der Waals surface area contributed by atoms with Gasteiger partial charge >= 0.3 is 0 Å². The molecule has 1 aromatic rings. The molecule has 0 amide bonds. The van der Waals surface area contributed by atoms with Crippen molar-refractivity contribution in [1.82, 2.24) is 15.8 Å². The first-order valence-corrected chi connectivity index (χ1v) is 7.57. The molecule has 0 bridgehead atoms. The monoisotopic (exact) mass is 408 g/mol. The van der Waals surface area contributed by atoms with Crippen LogP contribution in [0.1, 0.15) is 63.8 Å². The van der Waals surface area contributed by atoms with Crippen LogP contribution in [0.3, 0.4) is 0 Å². The Balaban J connectivity index is 0.00000400. The van der Waals surface area contributed by atoms with E-state index < -0.39 is 0 Å². The van der Waals surface area contributed by atoms with Gasteiger partial charge in [0.05, 0.1) is 12.2 Å². The zero-order valence-corrected chi connectivity index (χ0v) is 15.9. The van der Waals surface area contributed by atoms with E-state index in [9.17, 15) is 0 Å². The van der Waals surface area contributed by atoms with Crippen LogP contribution in [0.2, 0.25) is 0 Å². The molecular weight excluding hydrogens is 379 g/mol. The van der Waals surface area contributed by atoms with Crippen molar-refractivity contribution in [3.05, 3.63) is 17.5 Å². The van der Waals surface area contributed by atoms with E-state index in [0.29, 0.717) is 12.5 Å². The average molecular weight is 408 g/mol. The fourth-order valence-electron chi connectivity index (χ4n) is 1.83. The van der Waals surface area contributed by atoms with Crippen LogP contribution < -0.4 is 10.6 Å². The molecule has 2 N–H and O–H groups in total. The van der Waals surface area contributed by atoms with E-state index in [2.05, 4.69) is 41.6 Å². The first kappa shape index (κ1) is 20.2. The van der Waals surface area contributed by atoms with Gasteiger partial charge in [0, 0.05) is 19.7 Å². The molecule has 0 radical (unpaired) electrons. The quantitative estimate of drug-likeness (QED) is 0.298. The highest BCUT2D eigenvalue weighted by molar-refractivity contribution is 14.0. The van der Waals surface area contributed by atoms with Crippen LogP contribution >= 0.6 is 24.0 Å². The third kappa shape index (κ3) is 8.28. The molecule has 0 aromatic carbocycles. The van der Waals surface area contributed by atoms with Gasteiger partial charge in [-0.15, -0.1) is 24.0 Å². The second-order valence-corrected chi connectivity index (χ2v) is 5.29. The minimum Gasteiger partial charge on any atom is -0.359 e. The topological polar surface area (TPSA) is 62.5 Å². The summed E-state index contributed by atoms with van der Waals surface area (Å²) in [4.78, 5) is 4.20. The van der Waals surface area contributed by atoms with Gasteiger partial charge < -0.3 is 15.2 Å². The maximum absolute atomic E-state index is 5.28. The second-order valence-electron chi connectivity index (χ2n) is 5.29. The second kappa shape index (κ2) is 11.8. The molecule has 1 heterocycles. The summed E-state index contributed by atoms with van der Waals surface area (Å²) in [5, 5.41) is 10.6. The van der Waals surface area contributed by atoms with E-state index in [0.717, 1.165) is 24.0 Å². The Kier molecular flexibility index (Phi) is 11.4. The molecule has 0 saturated carbocycles. The van der Waals surface area contributed by atoms with Gasteiger partial charge in [-0.3, -0.25) is 4.99 Å². The fourth-order valence-corrected chi connectivity index (χ4v) is 1.83. The number of aromatic nitrogens is 1. The molecule has 122 valence electrons.